The van der Waals surface area contributed by atoms with E-state index in [9.17, 15) is 14.7 Å². The number of rotatable bonds is 11. The molecule has 198 valence electrons. The molecule has 0 radical (unpaired) electrons. The number of aryl methyl sites for hydroxylation is 1. The number of carbonyl (C=O) groups excluding carboxylic acids is 1. The Labute approximate surface area is 221 Å². The Morgan fingerprint density at radius 2 is 1.79 bits per heavy atom. The van der Waals surface area contributed by atoms with Gasteiger partial charge < -0.3 is 10.0 Å². The third-order valence-electron chi connectivity index (χ3n) is 6.55. The van der Waals surface area contributed by atoms with Gasteiger partial charge in [-0.3, -0.25) is 9.48 Å². The van der Waals surface area contributed by atoms with Crippen molar-refractivity contribution in [3.05, 3.63) is 60.4 Å². The zero-order valence-electron chi connectivity index (χ0n) is 22.1. The monoisotopic (exact) mass is 515 g/mol. The van der Waals surface area contributed by atoms with Crippen LogP contribution < -0.4 is 0 Å². The van der Waals surface area contributed by atoms with Crippen molar-refractivity contribution < 1.29 is 14.7 Å². The Kier molecular flexibility index (Phi) is 8.30. The highest BCUT2D eigenvalue weighted by atomic mass is 16.4. The first-order chi connectivity index (χ1) is 18.3. The lowest BCUT2D eigenvalue weighted by molar-refractivity contribution is -0.153. The molecule has 10 heteroatoms. The fourth-order valence-electron chi connectivity index (χ4n) is 4.58. The fraction of sp³-hybridized carbons (Fsp3) is 0.357. The van der Waals surface area contributed by atoms with Crippen molar-refractivity contribution >= 4 is 11.9 Å². The molecule has 1 amide bonds. The summed E-state index contributed by atoms with van der Waals surface area (Å²) in [4.78, 5) is 26.6. The summed E-state index contributed by atoms with van der Waals surface area (Å²) in [5.41, 5.74) is 5.51. The number of hydrogen-bond donors (Lipinski definition) is 2. The molecule has 0 spiro atoms. The van der Waals surface area contributed by atoms with Crippen molar-refractivity contribution in [1.82, 2.24) is 35.3 Å². The van der Waals surface area contributed by atoms with E-state index < -0.39 is 12.0 Å². The summed E-state index contributed by atoms with van der Waals surface area (Å²) in [5, 5.41) is 28.7. The second kappa shape index (κ2) is 11.8. The smallest absolute Gasteiger partial charge is 0.326 e. The van der Waals surface area contributed by atoms with E-state index in [1.165, 1.54) is 4.90 Å². The van der Waals surface area contributed by atoms with Crippen molar-refractivity contribution in [2.75, 3.05) is 0 Å². The van der Waals surface area contributed by atoms with Gasteiger partial charge in [-0.2, -0.15) is 10.3 Å². The minimum Gasteiger partial charge on any atom is -0.480 e. The summed E-state index contributed by atoms with van der Waals surface area (Å²) in [6.07, 6.45) is 5.70. The molecule has 0 saturated heterocycles. The van der Waals surface area contributed by atoms with Gasteiger partial charge in [0.05, 0.1) is 6.20 Å². The second-order valence-electron chi connectivity index (χ2n) is 9.75. The van der Waals surface area contributed by atoms with Crippen LogP contribution >= 0.6 is 0 Å². The van der Waals surface area contributed by atoms with E-state index in [0.29, 0.717) is 12.2 Å². The van der Waals surface area contributed by atoms with Crippen molar-refractivity contribution in [3.8, 4) is 33.6 Å². The van der Waals surface area contributed by atoms with E-state index in [0.717, 1.165) is 46.2 Å². The predicted octanol–water partition coefficient (Wildman–Crippen LogP) is 4.56. The summed E-state index contributed by atoms with van der Waals surface area (Å²) >= 11 is 0. The first kappa shape index (κ1) is 26.7. The number of nitrogens with zero attached hydrogens (tertiary/aromatic N) is 6. The molecule has 2 aromatic heterocycles. The van der Waals surface area contributed by atoms with Crippen LogP contribution in [0.25, 0.3) is 33.6 Å². The van der Waals surface area contributed by atoms with Gasteiger partial charge in [-0.25, -0.2) is 4.79 Å². The van der Waals surface area contributed by atoms with E-state index in [-0.39, 0.29) is 18.4 Å². The highest BCUT2D eigenvalue weighted by Crippen LogP contribution is 2.34. The van der Waals surface area contributed by atoms with Crippen LogP contribution in [0.2, 0.25) is 0 Å². The molecule has 0 bridgehead atoms. The van der Waals surface area contributed by atoms with Crippen molar-refractivity contribution in [3.63, 3.8) is 0 Å². The average molecular weight is 516 g/mol. The number of carboxylic acids is 1. The number of benzene rings is 2. The number of aromatic amines is 1. The van der Waals surface area contributed by atoms with Crippen molar-refractivity contribution in [2.24, 2.45) is 13.0 Å². The standard InChI is InChI=1S/C28H33N7O3/c1-5-6-7-25(36)35(26(18(2)3)28(37)38)16-19-8-10-20(11-9-19)24-14-21(22-15-29-34(4)17-22)12-13-23(24)27-30-32-33-31-27/h8-15,17-18,26H,5-7,16H2,1-4H3,(H,37,38)(H,30,31,32,33)/t26-/m0/s1. The molecule has 0 aliphatic heterocycles. The first-order valence-corrected chi connectivity index (χ1v) is 12.8. The molecule has 0 aliphatic carbocycles. The molecule has 1 atom stereocenters. The normalized spacial score (nSPS) is 12.0. The second-order valence-corrected chi connectivity index (χ2v) is 9.75. The van der Waals surface area contributed by atoms with Gasteiger partial charge in [-0.05, 0) is 51.9 Å². The Morgan fingerprint density at radius 3 is 2.37 bits per heavy atom. The molecule has 0 aliphatic rings. The number of carbonyl (C=O) groups is 2. The van der Waals surface area contributed by atoms with Crippen LogP contribution in [0, 0.1) is 5.92 Å². The third-order valence-corrected chi connectivity index (χ3v) is 6.55. The number of unbranched alkanes of at least 4 members (excludes halogenated alkanes) is 1. The topological polar surface area (TPSA) is 130 Å². The van der Waals surface area contributed by atoms with E-state index in [4.69, 9.17) is 0 Å². The summed E-state index contributed by atoms with van der Waals surface area (Å²) in [6, 6.07) is 13.0. The van der Waals surface area contributed by atoms with Crippen LogP contribution in [0.15, 0.2) is 54.9 Å². The molecule has 2 aromatic carbocycles. The molecule has 0 unspecified atom stereocenters. The Hall–Kier alpha value is -4.34. The minimum absolute atomic E-state index is 0.138. The van der Waals surface area contributed by atoms with Gasteiger partial charge in [-0.1, -0.05) is 57.5 Å². The maximum Gasteiger partial charge on any atom is 0.326 e. The molecule has 4 aromatic rings. The largest absolute Gasteiger partial charge is 0.480 e. The van der Waals surface area contributed by atoms with E-state index in [2.05, 4.69) is 31.8 Å². The molecular weight excluding hydrogens is 482 g/mol. The highest BCUT2D eigenvalue weighted by Gasteiger charge is 2.32. The van der Waals surface area contributed by atoms with Crippen LogP contribution in [-0.2, 0) is 23.2 Å². The quantitative estimate of drug-likeness (QED) is 0.299. The van der Waals surface area contributed by atoms with Gasteiger partial charge in [0.25, 0.3) is 0 Å². The number of aromatic nitrogens is 6. The molecule has 0 fully saturated rings. The van der Waals surface area contributed by atoms with Crippen LogP contribution in [0.5, 0.6) is 0 Å². The lowest BCUT2D eigenvalue weighted by Crippen LogP contribution is -2.47. The number of hydrogen-bond acceptors (Lipinski definition) is 6. The minimum atomic E-state index is -0.988. The predicted molar refractivity (Wildman–Crippen MR) is 144 cm³/mol. The lowest BCUT2D eigenvalue weighted by Gasteiger charge is -2.32. The Bertz CT molecular complexity index is 1380. The zero-order chi connectivity index (χ0) is 27.2. The van der Waals surface area contributed by atoms with Gasteiger partial charge in [0.2, 0.25) is 11.7 Å². The van der Waals surface area contributed by atoms with Crippen LogP contribution in [0.3, 0.4) is 0 Å². The maximum absolute atomic E-state index is 13.0. The summed E-state index contributed by atoms with van der Waals surface area (Å²) in [7, 11) is 1.88. The van der Waals surface area contributed by atoms with Gasteiger partial charge in [0, 0.05) is 37.3 Å². The van der Waals surface area contributed by atoms with E-state index in [1.54, 1.807) is 4.68 Å². The summed E-state index contributed by atoms with van der Waals surface area (Å²) in [5.74, 6) is -0.861. The van der Waals surface area contributed by atoms with Crippen molar-refractivity contribution in [1.29, 1.82) is 0 Å². The average Bonchev–Trinajstić information content (AvgIpc) is 3.59. The molecule has 4 rings (SSSR count). The molecule has 2 heterocycles. The number of aliphatic carboxylic acids is 1. The van der Waals surface area contributed by atoms with E-state index in [1.807, 2.05) is 76.6 Å². The first-order valence-electron chi connectivity index (χ1n) is 12.8. The molecule has 0 saturated carbocycles. The Morgan fingerprint density at radius 1 is 1.05 bits per heavy atom. The molecule has 38 heavy (non-hydrogen) atoms. The number of carboxylic acid groups (broad SMARTS) is 1. The van der Waals surface area contributed by atoms with Crippen molar-refractivity contribution in [2.45, 2.75) is 52.6 Å². The maximum atomic E-state index is 13.0. The van der Waals surface area contributed by atoms with Gasteiger partial charge >= 0.3 is 5.97 Å². The number of H-pyrrole nitrogens is 1. The number of tetrazole rings is 1. The Balaban J connectivity index is 1.68. The fourth-order valence-corrected chi connectivity index (χ4v) is 4.58. The number of amides is 1. The lowest BCUT2D eigenvalue weighted by atomic mass is 9.94. The van der Waals surface area contributed by atoms with Gasteiger partial charge in [0.1, 0.15) is 6.04 Å². The van der Waals surface area contributed by atoms with E-state index >= 15 is 0 Å². The summed E-state index contributed by atoms with van der Waals surface area (Å²) < 4.78 is 1.76. The summed E-state index contributed by atoms with van der Waals surface area (Å²) in [6.45, 7) is 5.90. The van der Waals surface area contributed by atoms with Gasteiger partial charge in [0.15, 0.2) is 0 Å². The van der Waals surface area contributed by atoms with Crippen LogP contribution in [-0.4, -0.2) is 58.3 Å². The SMILES string of the molecule is CCCCC(=O)N(Cc1ccc(-c2cc(-c3cnn(C)c3)ccc2-c2nn[nH]n2)cc1)[C@H](C(=O)O)C(C)C. The third kappa shape index (κ3) is 5.96. The zero-order valence-corrected chi connectivity index (χ0v) is 22.1. The highest BCUT2D eigenvalue weighted by molar-refractivity contribution is 5.85. The van der Waals surface area contributed by atoms with Crippen LogP contribution in [0.1, 0.15) is 45.6 Å². The molecule has 10 nitrogen and oxygen atoms in total. The van der Waals surface area contributed by atoms with Crippen LogP contribution in [0.4, 0.5) is 0 Å². The van der Waals surface area contributed by atoms with Gasteiger partial charge in [-0.15, -0.1) is 10.2 Å². The number of nitrogens with one attached hydrogen (secondary N) is 1. The molecule has 2 N–H and O–H groups in total. The molecular formula is C28H33N7O3.